The molecule has 0 spiro atoms. The zero-order valence-corrected chi connectivity index (χ0v) is 20.8. The minimum Gasteiger partial charge on any atom is -0.508 e. The van der Waals surface area contributed by atoms with Gasteiger partial charge in [0.15, 0.2) is 17.2 Å². The maximum Gasteiger partial charge on any atom is 0.255 e. The standard InChI is InChI=1S/C27H23ClN2O8/c1-3-4-16(31)18-11(2)14(9-12-5-7-13(28)8-6-12)19-21(23(18)34)24(30-38)27(37)15(22(19)33)10-17(32)20(25(27)35)26(29)36/h3-9,15,19,22,31,33,35,37H,1,10H2,2H3,(H2,29,36)/b14-9+,16-4+. The zero-order chi connectivity index (χ0) is 28.1. The van der Waals surface area contributed by atoms with E-state index in [1.54, 1.807) is 30.3 Å². The van der Waals surface area contributed by atoms with Gasteiger partial charge in [0, 0.05) is 28.9 Å². The Bertz CT molecular complexity index is 1460. The van der Waals surface area contributed by atoms with Gasteiger partial charge in [0.2, 0.25) is 0 Å². The fourth-order valence-electron chi connectivity index (χ4n) is 5.44. The third-order valence-electron chi connectivity index (χ3n) is 7.18. The number of fused-ring (bicyclic) bond motifs is 2. The molecule has 3 aliphatic rings. The first-order valence-corrected chi connectivity index (χ1v) is 11.8. The summed E-state index contributed by atoms with van der Waals surface area (Å²) in [6.45, 7) is 5.02. The predicted octanol–water partition coefficient (Wildman–Crippen LogP) is 2.88. The molecule has 0 heterocycles. The molecule has 196 valence electrons. The van der Waals surface area contributed by atoms with Gasteiger partial charge in [0.25, 0.3) is 5.91 Å². The van der Waals surface area contributed by atoms with E-state index in [0.717, 1.165) is 6.08 Å². The molecule has 38 heavy (non-hydrogen) atoms. The molecule has 4 unspecified atom stereocenters. The monoisotopic (exact) mass is 538 g/mol. The first-order chi connectivity index (χ1) is 17.9. The average Bonchev–Trinajstić information content (AvgIpc) is 2.85. The molecule has 0 radical (unpaired) electrons. The molecule has 4 atom stereocenters. The second kappa shape index (κ2) is 9.64. The zero-order valence-electron chi connectivity index (χ0n) is 20.0. The number of benzene rings is 1. The molecule has 4 rings (SSSR count). The molecule has 0 saturated carbocycles. The van der Waals surface area contributed by atoms with Gasteiger partial charge in [0.1, 0.15) is 22.8 Å². The van der Waals surface area contributed by atoms with Gasteiger partial charge in [-0.15, -0.1) is 4.91 Å². The van der Waals surface area contributed by atoms with Crippen LogP contribution in [-0.4, -0.2) is 49.6 Å². The second-order valence-corrected chi connectivity index (χ2v) is 9.61. The number of nitrogens with zero attached hydrogens (tertiary/aromatic N) is 1. The summed E-state index contributed by atoms with van der Waals surface area (Å²) in [5.41, 5.74) is 0.800. The highest BCUT2D eigenvalue weighted by Gasteiger charge is 2.63. The van der Waals surface area contributed by atoms with Crippen molar-refractivity contribution in [3.05, 3.63) is 104 Å². The van der Waals surface area contributed by atoms with Crippen molar-refractivity contribution in [2.24, 2.45) is 22.7 Å². The third kappa shape index (κ3) is 3.85. The molecular weight excluding hydrogens is 516 g/mol. The summed E-state index contributed by atoms with van der Waals surface area (Å²) in [5, 5.41) is 48.0. The topological polar surface area (TPSA) is 188 Å². The molecule has 0 saturated heterocycles. The van der Waals surface area contributed by atoms with Crippen molar-refractivity contribution in [2.45, 2.75) is 25.0 Å². The van der Waals surface area contributed by atoms with Gasteiger partial charge in [-0.2, -0.15) is 0 Å². The smallest absolute Gasteiger partial charge is 0.255 e. The summed E-state index contributed by atoms with van der Waals surface area (Å²) in [5.74, 6) is -7.93. The molecule has 1 amide bonds. The Morgan fingerprint density at radius 1 is 1.24 bits per heavy atom. The van der Waals surface area contributed by atoms with Crippen molar-refractivity contribution < 1.29 is 34.8 Å². The summed E-state index contributed by atoms with van der Waals surface area (Å²) in [4.78, 5) is 50.6. The van der Waals surface area contributed by atoms with Crippen LogP contribution in [0.15, 0.2) is 93.3 Å². The first-order valence-electron chi connectivity index (χ1n) is 11.4. The van der Waals surface area contributed by atoms with E-state index < -0.39 is 75.8 Å². The van der Waals surface area contributed by atoms with E-state index in [1.807, 2.05) is 0 Å². The Balaban J connectivity index is 2.13. The number of nitrogens with two attached hydrogens (primary N) is 1. The summed E-state index contributed by atoms with van der Waals surface area (Å²) >= 11 is 5.99. The number of hydrogen-bond acceptors (Lipinski definition) is 9. The Labute approximate surface area is 221 Å². The van der Waals surface area contributed by atoms with Crippen LogP contribution in [0.1, 0.15) is 18.9 Å². The normalized spacial score (nSPS) is 28.9. The molecule has 0 aromatic heterocycles. The van der Waals surface area contributed by atoms with Gasteiger partial charge >= 0.3 is 0 Å². The lowest BCUT2D eigenvalue weighted by atomic mass is 9.57. The van der Waals surface area contributed by atoms with Crippen molar-refractivity contribution in [2.75, 3.05) is 0 Å². The number of hydrogen-bond donors (Lipinski definition) is 5. The van der Waals surface area contributed by atoms with Gasteiger partial charge in [-0.3, -0.25) is 14.4 Å². The molecule has 11 heteroatoms. The fraction of sp³-hybridized carbons (Fsp3) is 0.222. The van der Waals surface area contributed by atoms with Crippen molar-refractivity contribution in [1.29, 1.82) is 0 Å². The Kier molecular flexibility index (Phi) is 6.83. The van der Waals surface area contributed by atoms with Crippen LogP contribution >= 0.6 is 11.6 Å². The number of aliphatic hydroxyl groups is 4. The van der Waals surface area contributed by atoms with Crippen molar-refractivity contribution in [3.63, 3.8) is 0 Å². The summed E-state index contributed by atoms with van der Waals surface area (Å²) in [6.07, 6.45) is 1.57. The van der Waals surface area contributed by atoms with Crippen LogP contribution < -0.4 is 5.73 Å². The second-order valence-electron chi connectivity index (χ2n) is 9.18. The van der Waals surface area contributed by atoms with Crippen LogP contribution in [0.4, 0.5) is 0 Å². The number of halogens is 1. The van der Waals surface area contributed by atoms with E-state index in [1.165, 1.54) is 13.0 Å². The number of aliphatic hydroxyl groups excluding tert-OH is 3. The number of nitroso groups, excluding NO2 is 1. The highest BCUT2D eigenvalue weighted by atomic mass is 35.5. The summed E-state index contributed by atoms with van der Waals surface area (Å²) in [6, 6.07) is 6.53. The number of carbonyl (C=O) groups excluding carboxylic acids is 3. The highest BCUT2D eigenvalue weighted by Crippen LogP contribution is 2.55. The number of ketones is 2. The van der Waals surface area contributed by atoms with Gasteiger partial charge in [-0.1, -0.05) is 42.5 Å². The van der Waals surface area contributed by atoms with E-state index in [0.29, 0.717) is 10.6 Å². The minimum atomic E-state index is -2.87. The molecule has 1 aromatic carbocycles. The van der Waals surface area contributed by atoms with Crippen molar-refractivity contribution >= 4 is 35.2 Å². The number of carbonyl (C=O) groups is 3. The number of primary amides is 1. The molecule has 3 aliphatic carbocycles. The quantitative estimate of drug-likeness (QED) is 0.164. The van der Waals surface area contributed by atoms with Crippen molar-refractivity contribution in [3.8, 4) is 0 Å². The van der Waals surface area contributed by atoms with E-state index in [2.05, 4.69) is 11.8 Å². The maximum absolute atomic E-state index is 13.8. The lowest BCUT2D eigenvalue weighted by Crippen LogP contribution is -2.59. The Morgan fingerprint density at radius 3 is 2.42 bits per heavy atom. The summed E-state index contributed by atoms with van der Waals surface area (Å²) in [7, 11) is 0. The number of amides is 1. The number of Topliss-reactive ketones (excluding diaryl/α,β-unsaturated/α-hetero) is 2. The average molecular weight is 539 g/mol. The number of rotatable bonds is 5. The molecule has 10 nitrogen and oxygen atoms in total. The largest absolute Gasteiger partial charge is 0.508 e. The van der Waals surface area contributed by atoms with E-state index >= 15 is 0 Å². The summed E-state index contributed by atoms with van der Waals surface area (Å²) < 4.78 is 0. The minimum absolute atomic E-state index is 0.240. The number of allylic oxidation sites excluding steroid dienone is 4. The van der Waals surface area contributed by atoms with Crippen LogP contribution in [-0.2, 0) is 14.4 Å². The Morgan fingerprint density at radius 2 is 1.87 bits per heavy atom. The van der Waals surface area contributed by atoms with Gasteiger partial charge in [-0.25, -0.2) is 0 Å². The molecular formula is C27H23ClN2O8. The van der Waals surface area contributed by atoms with Crippen LogP contribution in [0.2, 0.25) is 5.02 Å². The van der Waals surface area contributed by atoms with E-state index in [9.17, 15) is 39.7 Å². The van der Waals surface area contributed by atoms with Crippen LogP contribution in [0.25, 0.3) is 6.08 Å². The van der Waals surface area contributed by atoms with Crippen LogP contribution in [0.5, 0.6) is 0 Å². The third-order valence-corrected chi connectivity index (χ3v) is 7.43. The van der Waals surface area contributed by atoms with Crippen LogP contribution in [0.3, 0.4) is 0 Å². The maximum atomic E-state index is 13.8. The lowest BCUT2D eigenvalue weighted by Gasteiger charge is -2.49. The van der Waals surface area contributed by atoms with E-state index in [4.69, 9.17) is 17.3 Å². The van der Waals surface area contributed by atoms with Gasteiger partial charge in [-0.05, 0) is 47.0 Å². The molecule has 0 bridgehead atoms. The highest BCUT2D eigenvalue weighted by molar-refractivity contribution is 6.30. The van der Waals surface area contributed by atoms with Gasteiger partial charge in [0.05, 0.1) is 11.7 Å². The van der Waals surface area contributed by atoms with Crippen LogP contribution in [0, 0.1) is 16.7 Å². The molecule has 1 aromatic rings. The fourth-order valence-corrected chi connectivity index (χ4v) is 5.57. The molecule has 6 N–H and O–H groups in total. The first kappa shape index (κ1) is 26.9. The Hall–Kier alpha value is -4.12. The van der Waals surface area contributed by atoms with Gasteiger partial charge < -0.3 is 26.2 Å². The van der Waals surface area contributed by atoms with Crippen molar-refractivity contribution in [1.82, 2.24) is 0 Å². The predicted molar refractivity (Wildman–Crippen MR) is 137 cm³/mol. The lowest BCUT2D eigenvalue weighted by molar-refractivity contribution is -0.132. The molecule has 0 aliphatic heterocycles. The molecule has 0 fully saturated rings. The van der Waals surface area contributed by atoms with E-state index in [-0.39, 0.29) is 16.7 Å². The SMILES string of the molecule is C=C/C=C(/O)C1=C(C)/C(=C\c2ccc(Cl)cc2)C2C(=C(N=O)C3(O)C(O)=C(C(N)=O)C(=O)CC3C2O)C1=O.